The minimum Gasteiger partial charge on any atom is -0.431 e. The molecule has 0 aliphatic carbocycles. The van der Waals surface area contributed by atoms with Crippen LogP contribution in [-0.4, -0.2) is 10.3 Å². The van der Waals surface area contributed by atoms with Crippen molar-refractivity contribution in [3.63, 3.8) is 0 Å². The fourth-order valence-electron chi connectivity index (χ4n) is 2.19. The van der Waals surface area contributed by atoms with Crippen molar-refractivity contribution in [2.24, 2.45) is 0 Å². The zero-order chi connectivity index (χ0) is 14.2. The zero-order valence-electron chi connectivity index (χ0n) is 10.8. The number of rotatable bonds is 2. The molecule has 0 unspecified atom stereocenters. The minimum absolute atomic E-state index is 0.218. The van der Waals surface area contributed by atoms with Crippen LogP contribution in [0.2, 0.25) is 0 Å². The second-order valence-electron chi connectivity index (χ2n) is 4.49. The minimum atomic E-state index is -0.537. The molecule has 6 nitrogen and oxygen atoms in total. The van der Waals surface area contributed by atoms with E-state index in [0.717, 1.165) is 5.69 Å². The van der Waals surface area contributed by atoms with E-state index >= 15 is 0 Å². The fraction of sp³-hybridized carbons (Fsp3) is 0. The average Bonchev–Trinajstić information content (AvgIpc) is 3.11. The van der Waals surface area contributed by atoms with Gasteiger partial charge in [-0.3, -0.25) is 4.52 Å². The van der Waals surface area contributed by atoms with Gasteiger partial charge in [0.25, 0.3) is 0 Å². The van der Waals surface area contributed by atoms with Crippen LogP contribution in [0.15, 0.2) is 68.3 Å². The number of nitrogens with one attached hydrogen (secondary N) is 1. The van der Waals surface area contributed by atoms with Gasteiger partial charge in [0, 0.05) is 12.1 Å². The predicted molar refractivity (Wildman–Crippen MR) is 73.9 cm³/mol. The second kappa shape index (κ2) is 4.45. The molecule has 0 bridgehead atoms. The van der Waals surface area contributed by atoms with Crippen LogP contribution in [0.3, 0.4) is 0 Å². The number of aromatic nitrogens is 3. The largest absolute Gasteiger partial charge is 0.440 e. The molecule has 0 saturated carbocycles. The number of oxazole rings is 1. The van der Waals surface area contributed by atoms with Crippen molar-refractivity contribution in [2.45, 2.75) is 0 Å². The summed E-state index contributed by atoms with van der Waals surface area (Å²) < 4.78 is 12.0. The molecule has 2 aromatic carbocycles. The summed E-state index contributed by atoms with van der Waals surface area (Å²) in [7, 11) is 0. The summed E-state index contributed by atoms with van der Waals surface area (Å²) in [6.45, 7) is 0. The molecule has 21 heavy (non-hydrogen) atoms. The predicted octanol–water partition coefficient (Wildman–Crippen LogP) is 2.05. The van der Waals surface area contributed by atoms with Gasteiger partial charge >= 0.3 is 17.2 Å². The topological polar surface area (TPSA) is 75.9 Å². The summed E-state index contributed by atoms with van der Waals surface area (Å²) in [5, 5.41) is 2.56. The first-order valence-corrected chi connectivity index (χ1v) is 6.38. The van der Waals surface area contributed by atoms with Crippen molar-refractivity contribution < 1.29 is 13.6 Å². The summed E-state index contributed by atoms with van der Waals surface area (Å²) >= 11 is 0. The first kappa shape index (κ1) is 11.7. The van der Waals surface area contributed by atoms with Crippen molar-refractivity contribution in [2.75, 3.05) is 0 Å². The molecule has 6 heteroatoms. The van der Waals surface area contributed by atoms with Crippen LogP contribution in [0, 0.1) is 0 Å². The monoisotopic (exact) mass is 280 g/mol. The highest BCUT2D eigenvalue weighted by molar-refractivity contribution is 5.74. The fourth-order valence-corrected chi connectivity index (χ4v) is 2.19. The maximum atomic E-state index is 12.0. The van der Waals surface area contributed by atoms with Crippen LogP contribution in [0.25, 0.3) is 28.4 Å². The lowest BCUT2D eigenvalue weighted by atomic mass is 10.3. The Labute approximate surface area is 118 Å². The standard InChI is InChI=1S/C15H9N3O3/c19-15-13(14-16-11-8-4-5-9-12(11)20-14)18(17-21-15)10-6-2-1-3-7-10/h1-9H/p+1. The lowest BCUT2D eigenvalue weighted by Gasteiger charge is -1.90. The van der Waals surface area contributed by atoms with Gasteiger partial charge in [-0.05, 0) is 22.1 Å². The van der Waals surface area contributed by atoms with Crippen molar-refractivity contribution in [3.05, 3.63) is 65.0 Å². The van der Waals surface area contributed by atoms with Crippen molar-refractivity contribution in [1.29, 1.82) is 0 Å². The molecular weight excluding hydrogens is 270 g/mol. The van der Waals surface area contributed by atoms with E-state index in [0.29, 0.717) is 11.1 Å². The van der Waals surface area contributed by atoms with Crippen LogP contribution in [0.1, 0.15) is 0 Å². The van der Waals surface area contributed by atoms with Crippen molar-refractivity contribution >= 4 is 11.1 Å². The van der Waals surface area contributed by atoms with Crippen LogP contribution in [-0.2, 0) is 0 Å². The third-order valence-corrected chi connectivity index (χ3v) is 3.16. The van der Waals surface area contributed by atoms with Gasteiger partial charge in [-0.15, -0.1) is 0 Å². The smallest absolute Gasteiger partial charge is 0.431 e. The summed E-state index contributed by atoms with van der Waals surface area (Å²) in [5.41, 5.74) is 1.74. The van der Waals surface area contributed by atoms with E-state index in [1.165, 1.54) is 4.68 Å². The SMILES string of the molecule is O=c1o[nH][n+](-c2ccccc2)c1-c1nc2ccccc2o1. The van der Waals surface area contributed by atoms with E-state index in [-0.39, 0.29) is 11.6 Å². The van der Waals surface area contributed by atoms with Crippen LogP contribution in [0.5, 0.6) is 0 Å². The van der Waals surface area contributed by atoms with E-state index in [1.54, 1.807) is 6.07 Å². The molecule has 1 N–H and O–H groups in total. The number of hydrogen-bond acceptors (Lipinski definition) is 4. The number of benzene rings is 2. The van der Waals surface area contributed by atoms with E-state index in [1.807, 2.05) is 48.5 Å². The van der Waals surface area contributed by atoms with Gasteiger partial charge in [0.2, 0.25) is 5.69 Å². The molecule has 4 aromatic rings. The Balaban J connectivity index is 1.96. The van der Waals surface area contributed by atoms with Gasteiger partial charge in [-0.2, -0.15) is 0 Å². The van der Waals surface area contributed by atoms with Gasteiger partial charge in [0.1, 0.15) is 5.52 Å². The Hall–Kier alpha value is -3.15. The number of para-hydroxylation sites is 3. The highest BCUT2D eigenvalue weighted by Gasteiger charge is 2.29. The Morgan fingerprint density at radius 1 is 1.00 bits per heavy atom. The maximum Gasteiger partial charge on any atom is 0.440 e. The molecule has 0 atom stereocenters. The van der Waals surface area contributed by atoms with Gasteiger partial charge in [-0.25, -0.2) is 9.78 Å². The first-order chi connectivity index (χ1) is 10.3. The van der Waals surface area contributed by atoms with E-state index in [4.69, 9.17) is 8.94 Å². The molecular formula is C15H10N3O3+. The Morgan fingerprint density at radius 2 is 1.76 bits per heavy atom. The third kappa shape index (κ3) is 1.85. The molecule has 0 aliphatic heterocycles. The van der Waals surface area contributed by atoms with E-state index < -0.39 is 5.63 Å². The average molecular weight is 280 g/mol. The zero-order valence-corrected chi connectivity index (χ0v) is 10.8. The van der Waals surface area contributed by atoms with E-state index in [2.05, 4.69) is 10.3 Å². The molecule has 2 heterocycles. The Bertz CT molecular complexity index is 933. The van der Waals surface area contributed by atoms with Gasteiger partial charge < -0.3 is 4.42 Å². The molecule has 4 rings (SSSR count). The molecule has 0 aliphatic rings. The highest BCUT2D eigenvalue weighted by atomic mass is 16.5. The number of fused-ring (bicyclic) bond motifs is 1. The Morgan fingerprint density at radius 3 is 2.57 bits per heavy atom. The second-order valence-corrected chi connectivity index (χ2v) is 4.49. The first-order valence-electron chi connectivity index (χ1n) is 6.38. The third-order valence-electron chi connectivity index (χ3n) is 3.16. The number of hydrogen-bond donors (Lipinski definition) is 1. The molecule has 0 saturated heterocycles. The lowest BCUT2D eigenvalue weighted by Crippen LogP contribution is -2.36. The maximum absolute atomic E-state index is 12.0. The molecule has 0 spiro atoms. The van der Waals surface area contributed by atoms with Gasteiger partial charge in [-0.1, -0.05) is 30.3 Å². The summed E-state index contributed by atoms with van der Waals surface area (Å²) in [6.07, 6.45) is 0. The Kier molecular flexibility index (Phi) is 2.47. The van der Waals surface area contributed by atoms with Crippen LogP contribution in [0.4, 0.5) is 0 Å². The normalized spacial score (nSPS) is 11.0. The number of aromatic amines is 1. The van der Waals surface area contributed by atoms with Crippen molar-refractivity contribution in [3.8, 4) is 17.3 Å². The van der Waals surface area contributed by atoms with Gasteiger partial charge in [0.15, 0.2) is 5.58 Å². The molecule has 0 amide bonds. The molecule has 0 fully saturated rings. The number of H-pyrrole nitrogens is 1. The summed E-state index contributed by atoms with van der Waals surface area (Å²) in [6, 6.07) is 16.6. The summed E-state index contributed by atoms with van der Waals surface area (Å²) in [4.78, 5) is 16.3. The molecule has 0 radical (unpaired) electrons. The lowest BCUT2D eigenvalue weighted by molar-refractivity contribution is -0.660. The highest BCUT2D eigenvalue weighted by Crippen LogP contribution is 2.20. The summed E-state index contributed by atoms with van der Waals surface area (Å²) in [5.74, 6) is 0.218. The van der Waals surface area contributed by atoms with Crippen LogP contribution >= 0.6 is 0 Å². The number of nitrogens with zero attached hydrogens (tertiary/aromatic N) is 2. The van der Waals surface area contributed by atoms with E-state index in [9.17, 15) is 4.79 Å². The quantitative estimate of drug-likeness (QED) is 0.570. The molecule has 2 aromatic heterocycles. The van der Waals surface area contributed by atoms with Crippen molar-refractivity contribution in [1.82, 2.24) is 10.3 Å². The van der Waals surface area contributed by atoms with Crippen LogP contribution < -0.4 is 10.3 Å². The molecule has 102 valence electrons. The van der Waals surface area contributed by atoms with Gasteiger partial charge in [0.05, 0.1) is 0 Å².